The second-order valence-electron chi connectivity index (χ2n) is 4.43. The molecule has 0 fully saturated rings. The zero-order valence-electron chi connectivity index (χ0n) is 11.5. The van der Waals surface area contributed by atoms with Crippen LogP contribution < -0.4 is 10.3 Å². The lowest BCUT2D eigenvalue weighted by atomic mass is 10.3. The number of amides is 2. The van der Waals surface area contributed by atoms with E-state index in [1.165, 1.54) is 6.20 Å². The number of para-hydroxylation sites is 1. The first-order valence-corrected chi connectivity index (χ1v) is 6.55. The molecule has 1 aromatic carbocycles. The fraction of sp³-hybridized carbons (Fsp3) is 0.0667. The van der Waals surface area contributed by atoms with E-state index in [-0.39, 0.29) is 18.4 Å². The summed E-state index contributed by atoms with van der Waals surface area (Å²) in [4.78, 5) is 27.9. The topological polar surface area (TPSA) is 83.9 Å². The van der Waals surface area contributed by atoms with Gasteiger partial charge in [0, 0.05) is 6.20 Å². The first-order valence-electron chi connectivity index (χ1n) is 6.55. The number of nitrogens with zero attached hydrogens (tertiary/aromatic N) is 3. The average Bonchev–Trinajstić information content (AvgIpc) is 2.57. The number of pyridine rings is 1. The van der Waals surface area contributed by atoms with E-state index in [1.54, 1.807) is 42.6 Å². The van der Waals surface area contributed by atoms with Crippen molar-refractivity contribution in [2.24, 2.45) is 5.10 Å². The Kier molecular flexibility index (Phi) is 3.78. The van der Waals surface area contributed by atoms with Gasteiger partial charge < -0.3 is 10.1 Å². The van der Waals surface area contributed by atoms with Crippen molar-refractivity contribution in [1.82, 2.24) is 4.98 Å². The van der Waals surface area contributed by atoms with E-state index in [0.717, 1.165) is 5.01 Å². The van der Waals surface area contributed by atoms with Crippen LogP contribution in [0.5, 0.6) is 0 Å². The Morgan fingerprint density at radius 1 is 1.18 bits per heavy atom. The molecule has 22 heavy (non-hydrogen) atoms. The van der Waals surface area contributed by atoms with Crippen molar-refractivity contribution in [3.8, 4) is 0 Å². The maximum atomic E-state index is 12.1. The highest BCUT2D eigenvalue weighted by Gasteiger charge is 2.27. The number of anilines is 2. The molecule has 0 unspecified atom stereocenters. The van der Waals surface area contributed by atoms with E-state index in [4.69, 9.17) is 4.74 Å². The first-order chi connectivity index (χ1) is 10.7. The number of carbonyl (C=O) groups excluding carboxylic acids is 2. The van der Waals surface area contributed by atoms with Gasteiger partial charge in [0.05, 0.1) is 17.6 Å². The van der Waals surface area contributed by atoms with Crippen LogP contribution in [-0.2, 0) is 14.3 Å². The minimum absolute atomic E-state index is 0.174. The van der Waals surface area contributed by atoms with Gasteiger partial charge in [-0.1, -0.05) is 18.2 Å². The molecule has 0 saturated heterocycles. The lowest BCUT2D eigenvalue weighted by Gasteiger charge is -2.23. The van der Waals surface area contributed by atoms with Crippen molar-refractivity contribution >= 4 is 29.1 Å². The number of ether oxygens (including phenoxy) is 1. The van der Waals surface area contributed by atoms with Gasteiger partial charge in [0.1, 0.15) is 0 Å². The number of nitrogens with one attached hydrogen (secondary N) is 1. The van der Waals surface area contributed by atoms with E-state index in [1.807, 2.05) is 6.07 Å². The summed E-state index contributed by atoms with van der Waals surface area (Å²) < 4.78 is 5.10. The van der Waals surface area contributed by atoms with Crippen molar-refractivity contribution < 1.29 is 14.3 Å². The van der Waals surface area contributed by atoms with Crippen LogP contribution in [0.4, 0.5) is 11.4 Å². The molecule has 110 valence electrons. The van der Waals surface area contributed by atoms with Gasteiger partial charge in [0.2, 0.25) is 0 Å². The lowest BCUT2D eigenvalue weighted by Crippen LogP contribution is -2.40. The molecule has 2 amide bonds. The SMILES string of the molecule is O=C(Nc1cccnc1)C1=NN(c2ccccc2)C(=O)CO1. The Morgan fingerprint density at radius 2 is 2.00 bits per heavy atom. The molecule has 0 saturated carbocycles. The molecule has 1 aliphatic rings. The van der Waals surface area contributed by atoms with Crippen molar-refractivity contribution in [3.05, 3.63) is 54.9 Å². The third-order valence-corrected chi connectivity index (χ3v) is 2.87. The van der Waals surface area contributed by atoms with Gasteiger partial charge >= 0.3 is 5.91 Å². The van der Waals surface area contributed by atoms with E-state index in [0.29, 0.717) is 11.4 Å². The molecule has 3 rings (SSSR count). The number of aromatic nitrogens is 1. The zero-order chi connectivity index (χ0) is 15.4. The molecular weight excluding hydrogens is 284 g/mol. The van der Waals surface area contributed by atoms with Crippen LogP contribution in [0.25, 0.3) is 0 Å². The monoisotopic (exact) mass is 296 g/mol. The summed E-state index contributed by atoms with van der Waals surface area (Å²) in [5.74, 6) is -1.06. The van der Waals surface area contributed by atoms with Crippen LogP contribution in [0, 0.1) is 0 Å². The highest BCUT2D eigenvalue weighted by Crippen LogP contribution is 2.17. The Balaban J connectivity index is 1.81. The number of benzene rings is 1. The summed E-state index contributed by atoms with van der Waals surface area (Å²) >= 11 is 0. The summed E-state index contributed by atoms with van der Waals surface area (Å²) in [7, 11) is 0. The van der Waals surface area contributed by atoms with Crippen molar-refractivity contribution in [3.63, 3.8) is 0 Å². The van der Waals surface area contributed by atoms with E-state index < -0.39 is 5.91 Å². The number of hydrogen-bond acceptors (Lipinski definition) is 5. The Bertz CT molecular complexity index is 716. The van der Waals surface area contributed by atoms with Crippen LogP contribution >= 0.6 is 0 Å². The van der Waals surface area contributed by atoms with Gasteiger partial charge in [-0.2, -0.15) is 5.01 Å². The van der Waals surface area contributed by atoms with Gasteiger partial charge in [-0.05, 0) is 24.3 Å². The van der Waals surface area contributed by atoms with Gasteiger partial charge in [-0.15, -0.1) is 5.10 Å². The highest BCUT2D eigenvalue weighted by atomic mass is 16.5. The molecule has 1 N–H and O–H groups in total. The Labute approximate surface area is 126 Å². The summed E-state index contributed by atoms with van der Waals surface area (Å²) in [6, 6.07) is 12.2. The quantitative estimate of drug-likeness (QED) is 0.928. The number of carbonyl (C=O) groups is 2. The maximum Gasteiger partial charge on any atom is 0.312 e. The predicted octanol–water partition coefficient (Wildman–Crippen LogP) is 1.40. The molecule has 0 atom stereocenters. The minimum atomic E-state index is -0.540. The minimum Gasteiger partial charge on any atom is -0.463 e. The lowest BCUT2D eigenvalue weighted by molar-refractivity contribution is -0.122. The van der Waals surface area contributed by atoms with Crippen molar-refractivity contribution in [1.29, 1.82) is 0 Å². The molecule has 7 heteroatoms. The number of rotatable bonds is 3. The molecular formula is C15H12N4O3. The average molecular weight is 296 g/mol. The van der Waals surface area contributed by atoms with E-state index in [2.05, 4.69) is 15.4 Å². The van der Waals surface area contributed by atoms with Crippen molar-refractivity contribution in [2.45, 2.75) is 0 Å². The van der Waals surface area contributed by atoms with Gasteiger partial charge in [-0.25, -0.2) is 0 Å². The van der Waals surface area contributed by atoms with E-state index >= 15 is 0 Å². The molecule has 2 heterocycles. The highest BCUT2D eigenvalue weighted by molar-refractivity contribution is 6.40. The molecule has 2 aromatic rings. The van der Waals surface area contributed by atoms with Gasteiger partial charge in [-0.3, -0.25) is 14.6 Å². The molecule has 0 aliphatic carbocycles. The smallest absolute Gasteiger partial charge is 0.312 e. The molecule has 1 aromatic heterocycles. The summed E-state index contributed by atoms with van der Waals surface area (Å²) in [6.07, 6.45) is 3.10. The second-order valence-corrected chi connectivity index (χ2v) is 4.43. The Morgan fingerprint density at radius 3 is 2.73 bits per heavy atom. The number of hydrazone groups is 1. The summed E-state index contributed by atoms with van der Waals surface area (Å²) in [5, 5.41) is 7.73. The van der Waals surface area contributed by atoms with Crippen LogP contribution in [-0.4, -0.2) is 29.3 Å². The fourth-order valence-corrected chi connectivity index (χ4v) is 1.87. The molecule has 0 spiro atoms. The van der Waals surface area contributed by atoms with Crippen LogP contribution in [0.1, 0.15) is 0 Å². The predicted molar refractivity (Wildman–Crippen MR) is 80.2 cm³/mol. The van der Waals surface area contributed by atoms with Gasteiger partial charge in [0.15, 0.2) is 6.61 Å². The van der Waals surface area contributed by atoms with Crippen LogP contribution in [0.2, 0.25) is 0 Å². The summed E-state index contributed by atoms with van der Waals surface area (Å²) in [5.41, 5.74) is 1.09. The molecule has 7 nitrogen and oxygen atoms in total. The maximum absolute atomic E-state index is 12.1. The largest absolute Gasteiger partial charge is 0.463 e. The normalized spacial score (nSPS) is 14.1. The molecule has 1 aliphatic heterocycles. The van der Waals surface area contributed by atoms with E-state index in [9.17, 15) is 9.59 Å². The Hall–Kier alpha value is -3.22. The first kappa shape index (κ1) is 13.7. The standard InChI is InChI=1S/C15H12N4O3/c20-13-10-22-15(14(21)17-11-5-4-8-16-9-11)18-19(13)12-6-2-1-3-7-12/h1-9H,10H2,(H,17,21). The zero-order valence-corrected chi connectivity index (χ0v) is 11.5. The third kappa shape index (κ3) is 2.93. The number of hydrogen-bond donors (Lipinski definition) is 1. The second kappa shape index (κ2) is 6.04. The van der Waals surface area contributed by atoms with Crippen molar-refractivity contribution in [2.75, 3.05) is 16.9 Å². The molecule has 0 bridgehead atoms. The van der Waals surface area contributed by atoms with Crippen LogP contribution in [0.15, 0.2) is 60.0 Å². The fourth-order valence-electron chi connectivity index (χ4n) is 1.87. The third-order valence-electron chi connectivity index (χ3n) is 2.87. The van der Waals surface area contributed by atoms with Crippen LogP contribution in [0.3, 0.4) is 0 Å². The molecule has 0 radical (unpaired) electrons. The van der Waals surface area contributed by atoms with Gasteiger partial charge in [0.25, 0.3) is 11.8 Å². The summed E-state index contributed by atoms with van der Waals surface area (Å²) in [6.45, 7) is -0.242.